The summed E-state index contributed by atoms with van der Waals surface area (Å²) in [4.78, 5) is 4.09. The summed E-state index contributed by atoms with van der Waals surface area (Å²) in [5.41, 5.74) is 4.52. The third kappa shape index (κ3) is 7.41. The lowest BCUT2D eigenvalue weighted by Crippen LogP contribution is -2.13. The van der Waals surface area contributed by atoms with E-state index in [2.05, 4.69) is 41.5 Å². The maximum atomic E-state index is 6.44. The van der Waals surface area contributed by atoms with Crippen molar-refractivity contribution in [1.29, 1.82) is 0 Å². The van der Waals surface area contributed by atoms with Crippen molar-refractivity contribution < 1.29 is 9.47 Å². The number of benzene rings is 2. The first kappa shape index (κ1) is 25.1. The highest BCUT2D eigenvalue weighted by atomic mass is 35.5. The number of ether oxygens (including phenoxy) is 2. The van der Waals surface area contributed by atoms with Gasteiger partial charge in [-0.15, -0.1) is 24.8 Å². The third-order valence-electron chi connectivity index (χ3n) is 4.17. The summed E-state index contributed by atoms with van der Waals surface area (Å²) in [7, 11) is 1.62. The van der Waals surface area contributed by atoms with Crippen LogP contribution in [0.25, 0.3) is 0 Å². The van der Waals surface area contributed by atoms with Gasteiger partial charge in [-0.25, -0.2) is 0 Å². The monoisotopic (exact) mass is 454 g/mol. The lowest BCUT2D eigenvalue weighted by molar-refractivity contribution is 0.284. The molecule has 7 heteroatoms. The summed E-state index contributed by atoms with van der Waals surface area (Å²) < 4.78 is 11.3. The van der Waals surface area contributed by atoms with Crippen molar-refractivity contribution >= 4 is 36.4 Å². The minimum atomic E-state index is 0. The smallest absolute Gasteiger partial charge is 0.180 e. The van der Waals surface area contributed by atoms with Crippen LogP contribution in [0.15, 0.2) is 60.9 Å². The summed E-state index contributed by atoms with van der Waals surface area (Å²) in [6.45, 7) is 3.95. The number of pyridine rings is 1. The van der Waals surface area contributed by atoms with E-state index in [1.165, 1.54) is 11.1 Å². The van der Waals surface area contributed by atoms with Gasteiger partial charge in [-0.1, -0.05) is 47.5 Å². The Morgan fingerprint density at radius 2 is 1.69 bits per heavy atom. The molecule has 29 heavy (non-hydrogen) atoms. The maximum absolute atomic E-state index is 6.44. The minimum Gasteiger partial charge on any atom is -0.493 e. The Balaban J connectivity index is 0.00000210. The molecule has 1 heterocycles. The first-order chi connectivity index (χ1) is 13.2. The molecular weight excluding hydrogens is 431 g/mol. The predicted octanol–water partition coefficient (Wildman–Crippen LogP) is 5.76. The average Bonchev–Trinajstić information content (AvgIpc) is 2.69. The largest absolute Gasteiger partial charge is 0.493 e. The molecule has 0 radical (unpaired) electrons. The van der Waals surface area contributed by atoms with Crippen molar-refractivity contribution in [1.82, 2.24) is 10.3 Å². The van der Waals surface area contributed by atoms with Crippen LogP contribution in [0.2, 0.25) is 5.02 Å². The molecule has 0 spiro atoms. The van der Waals surface area contributed by atoms with Gasteiger partial charge in [0.2, 0.25) is 0 Å². The lowest BCUT2D eigenvalue weighted by Gasteiger charge is -2.14. The number of nitrogens with zero attached hydrogens (tertiary/aromatic N) is 1. The molecule has 2 aromatic carbocycles. The second-order valence-electron chi connectivity index (χ2n) is 6.35. The highest BCUT2D eigenvalue weighted by molar-refractivity contribution is 6.32. The Morgan fingerprint density at radius 3 is 2.34 bits per heavy atom. The van der Waals surface area contributed by atoms with Crippen molar-refractivity contribution in [3.8, 4) is 11.5 Å². The molecular formula is C22H25Cl3N2O2. The molecule has 0 saturated heterocycles. The number of methoxy groups -OCH3 is 1. The predicted molar refractivity (Wildman–Crippen MR) is 123 cm³/mol. The molecule has 0 fully saturated rings. The van der Waals surface area contributed by atoms with Crippen molar-refractivity contribution in [2.75, 3.05) is 7.11 Å². The first-order valence-electron chi connectivity index (χ1n) is 8.80. The van der Waals surface area contributed by atoms with E-state index in [1.807, 2.05) is 24.3 Å². The van der Waals surface area contributed by atoms with Gasteiger partial charge in [-0.3, -0.25) is 4.98 Å². The van der Waals surface area contributed by atoms with Crippen LogP contribution >= 0.6 is 36.4 Å². The molecule has 0 atom stereocenters. The number of halogens is 3. The Hall–Kier alpha value is -1.98. The van der Waals surface area contributed by atoms with Crippen LogP contribution in [0.4, 0.5) is 0 Å². The third-order valence-corrected chi connectivity index (χ3v) is 4.45. The van der Waals surface area contributed by atoms with Crippen LogP contribution in [0.5, 0.6) is 11.5 Å². The average molecular weight is 456 g/mol. The molecule has 3 aromatic rings. The van der Waals surface area contributed by atoms with Gasteiger partial charge in [-0.2, -0.15) is 0 Å². The fourth-order valence-electron chi connectivity index (χ4n) is 2.71. The van der Waals surface area contributed by atoms with E-state index in [1.54, 1.807) is 19.5 Å². The SMILES string of the molecule is COc1cc(CNCc2ccc(C)cc2)cc(Cl)c1OCc1cccnc1.Cl.Cl. The Bertz CT molecular complexity index is 875. The molecule has 0 bridgehead atoms. The van der Waals surface area contributed by atoms with Gasteiger partial charge in [0.05, 0.1) is 12.1 Å². The standard InChI is InChI=1S/C22H23ClN2O2.2ClH/c1-16-5-7-17(8-6-16)12-25-14-19-10-20(23)22(21(11-19)26-2)27-15-18-4-3-9-24-13-18;;/h3-11,13,25H,12,14-15H2,1-2H3;2*1H. The fraction of sp³-hybridized carbons (Fsp3) is 0.227. The van der Waals surface area contributed by atoms with Crippen LogP contribution in [0.3, 0.4) is 0 Å². The Morgan fingerprint density at radius 1 is 0.966 bits per heavy atom. The number of hydrogen-bond donors (Lipinski definition) is 1. The summed E-state index contributed by atoms with van der Waals surface area (Å²) in [6, 6.07) is 16.2. The van der Waals surface area contributed by atoms with Gasteiger partial charge in [-0.05, 0) is 36.2 Å². The summed E-state index contributed by atoms with van der Waals surface area (Å²) in [6.07, 6.45) is 3.50. The molecule has 0 aliphatic carbocycles. The van der Waals surface area contributed by atoms with Gasteiger partial charge < -0.3 is 14.8 Å². The van der Waals surface area contributed by atoms with Crippen molar-refractivity contribution in [3.05, 3.63) is 88.2 Å². The maximum Gasteiger partial charge on any atom is 0.180 e. The molecule has 156 valence electrons. The van der Waals surface area contributed by atoms with E-state index < -0.39 is 0 Å². The van der Waals surface area contributed by atoms with Crippen LogP contribution in [-0.2, 0) is 19.7 Å². The number of aryl methyl sites for hydroxylation is 1. The lowest BCUT2D eigenvalue weighted by atomic mass is 10.1. The minimum absolute atomic E-state index is 0. The topological polar surface area (TPSA) is 43.4 Å². The van der Waals surface area contributed by atoms with Gasteiger partial charge >= 0.3 is 0 Å². The second kappa shape index (κ2) is 12.6. The van der Waals surface area contributed by atoms with Crippen molar-refractivity contribution in [3.63, 3.8) is 0 Å². The molecule has 0 aliphatic heterocycles. The van der Waals surface area contributed by atoms with E-state index in [-0.39, 0.29) is 24.8 Å². The van der Waals surface area contributed by atoms with Gasteiger partial charge in [0, 0.05) is 31.0 Å². The molecule has 1 N–H and O–H groups in total. The number of hydrogen-bond acceptors (Lipinski definition) is 4. The zero-order chi connectivity index (χ0) is 19.1. The Labute approximate surface area is 189 Å². The highest BCUT2D eigenvalue weighted by Gasteiger charge is 2.12. The molecule has 4 nitrogen and oxygen atoms in total. The van der Waals surface area contributed by atoms with Crippen LogP contribution in [0.1, 0.15) is 22.3 Å². The molecule has 0 aliphatic rings. The van der Waals surface area contributed by atoms with E-state index in [9.17, 15) is 0 Å². The second-order valence-corrected chi connectivity index (χ2v) is 6.76. The quantitative estimate of drug-likeness (QED) is 0.468. The zero-order valence-corrected chi connectivity index (χ0v) is 18.7. The first-order valence-corrected chi connectivity index (χ1v) is 9.18. The van der Waals surface area contributed by atoms with Crippen LogP contribution < -0.4 is 14.8 Å². The van der Waals surface area contributed by atoms with E-state index in [0.717, 1.165) is 17.7 Å². The van der Waals surface area contributed by atoms with E-state index in [0.29, 0.717) is 29.7 Å². The van der Waals surface area contributed by atoms with Crippen LogP contribution in [-0.4, -0.2) is 12.1 Å². The van der Waals surface area contributed by atoms with Crippen LogP contribution in [0, 0.1) is 6.92 Å². The van der Waals surface area contributed by atoms with Crippen molar-refractivity contribution in [2.45, 2.75) is 26.6 Å². The fourth-order valence-corrected chi connectivity index (χ4v) is 3.00. The molecule has 0 saturated carbocycles. The molecule has 3 rings (SSSR count). The summed E-state index contributed by atoms with van der Waals surface area (Å²) in [5, 5.41) is 3.96. The number of nitrogens with one attached hydrogen (secondary N) is 1. The molecule has 0 unspecified atom stereocenters. The summed E-state index contributed by atoms with van der Waals surface area (Å²) >= 11 is 6.44. The van der Waals surface area contributed by atoms with Gasteiger partial charge in [0.15, 0.2) is 11.5 Å². The molecule has 0 amide bonds. The summed E-state index contributed by atoms with van der Waals surface area (Å²) in [5.74, 6) is 1.17. The Kier molecular flexibility index (Phi) is 10.8. The van der Waals surface area contributed by atoms with Crippen molar-refractivity contribution in [2.24, 2.45) is 0 Å². The van der Waals surface area contributed by atoms with Gasteiger partial charge in [0.25, 0.3) is 0 Å². The molecule has 1 aromatic heterocycles. The van der Waals surface area contributed by atoms with E-state index in [4.69, 9.17) is 21.1 Å². The number of aromatic nitrogens is 1. The normalized spacial score (nSPS) is 9.90. The van der Waals surface area contributed by atoms with E-state index >= 15 is 0 Å². The number of rotatable bonds is 8. The zero-order valence-electron chi connectivity index (χ0n) is 16.4. The van der Waals surface area contributed by atoms with Gasteiger partial charge in [0.1, 0.15) is 6.61 Å². The highest BCUT2D eigenvalue weighted by Crippen LogP contribution is 2.37.